The lowest BCUT2D eigenvalue weighted by Crippen LogP contribution is -2.52. The van der Waals surface area contributed by atoms with Crippen LogP contribution in [0.15, 0.2) is 23.2 Å². The molecule has 0 unspecified atom stereocenters. The first-order valence-corrected chi connectivity index (χ1v) is 15.4. The van der Waals surface area contributed by atoms with Crippen LogP contribution < -0.4 is 5.32 Å². The number of carbonyl (C=O) groups excluding carboxylic acids is 2. The van der Waals surface area contributed by atoms with E-state index in [0.717, 1.165) is 11.6 Å². The Labute approximate surface area is 140 Å². The molecule has 7 heteroatoms. The van der Waals surface area contributed by atoms with E-state index in [-0.39, 0.29) is 0 Å². The molecule has 0 saturated carbocycles. The van der Waals surface area contributed by atoms with E-state index in [2.05, 4.69) is 43.0 Å². The van der Waals surface area contributed by atoms with Crippen molar-refractivity contribution in [1.82, 2.24) is 0 Å². The highest BCUT2D eigenvalue weighted by atomic mass is 29.3. The highest BCUT2D eigenvalue weighted by Crippen LogP contribution is 2.24. The summed E-state index contributed by atoms with van der Waals surface area (Å²) < 4.78 is 5.32. The third-order valence-electron chi connectivity index (χ3n) is 4.60. The van der Waals surface area contributed by atoms with Crippen molar-refractivity contribution in [2.75, 3.05) is 11.9 Å². The molecule has 1 N–H and O–H groups in total. The lowest BCUT2D eigenvalue weighted by molar-refractivity contribution is 0.167. The highest BCUT2D eigenvalue weighted by molar-refractivity contribution is 7.40. The van der Waals surface area contributed by atoms with Crippen molar-refractivity contribution >= 4 is 38.7 Å². The molecule has 0 saturated heterocycles. The topological polar surface area (TPSA) is 67.8 Å². The van der Waals surface area contributed by atoms with Gasteiger partial charge in [-0.15, -0.1) is 0 Å². The van der Waals surface area contributed by atoms with Crippen LogP contribution in [0.2, 0.25) is 38.8 Å². The minimum Gasteiger partial charge on any atom is -0.450 e. The van der Waals surface area contributed by atoms with Gasteiger partial charge >= 0.3 is 6.09 Å². The summed E-state index contributed by atoms with van der Waals surface area (Å²) in [5.74, 6) is 0. The van der Waals surface area contributed by atoms with Crippen molar-refractivity contribution in [2.45, 2.75) is 45.7 Å². The number of anilines is 1. The Kier molecular flexibility index (Phi) is 6.50. The van der Waals surface area contributed by atoms with Gasteiger partial charge in [0.15, 0.2) is 0 Å². The normalized spacial score (nSPS) is 11.6. The van der Waals surface area contributed by atoms with Crippen LogP contribution in [0.1, 0.15) is 5.56 Å². The predicted octanol–water partition coefficient (Wildman–Crippen LogP) is 4.64. The second kappa shape index (κ2) is 7.72. The Hall–Kier alpha value is -1.70. The van der Waals surface area contributed by atoms with E-state index in [1.54, 1.807) is 18.2 Å². The van der Waals surface area contributed by atoms with Crippen molar-refractivity contribution in [3.63, 3.8) is 0 Å². The monoisotopic (exact) mass is 350 g/mol. The number of isocyanates is 1. The predicted molar refractivity (Wildman–Crippen MR) is 99.6 cm³/mol. The third-order valence-corrected chi connectivity index (χ3v) is 23.0. The molecule has 0 atom stereocenters. The molecule has 0 heterocycles. The van der Waals surface area contributed by atoms with Gasteiger partial charge in [-0.1, -0.05) is 32.7 Å². The zero-order valence-electron chi connectivity index (χ0n) is 14.8. The largest absolute Gasteiger partial charge is 0.450 e. The average molecular weight is 351 g/mol. The average Bonchev–Trinajstić information content (AvgIpc) is 2.40. The highest BCUT2D eigenvalue weighted by Gasteiger charge is 2.36. The summed E-state index contributed by atoms with van der Waals surface area (Å²) in [7, 11) is -2.47. The Morgan fingerprint density at radius 2 is 1.91 bits per heavy atom. The fraction of sp³-hybridized carbons (Fsp3) is 0.500. The number of hydrogen-bond donors (Lipinski definition) is 1. The van der Waals surface area contributed by atoms with E-state index in [1.165, 1.54) is 6.08 Å². The van der Waals surface area contributed by atoms with Gasteiger partial charge in [0.05, 0.1) is 12.3 Å². The second-order valence-corrected chi connectivity index (χ2v) is 24.7. The number of ether oxygens (including phenoxy) is 1. The third kappa shape index (κ3) is 5.78. The van der Waals surface area contributed by atoms with Crippen LogP contribution in [-0.2, 0) is 9.53 Å². The molecule has 0 aliphatic heterocycles. The molecule has 0 aliphatic rings. The van der Waals surface area contributed by atoms with Crippen LogP contribution >= 0.6 is 0 Å². The molecule has 0 bridgehead atoms. The van der Waals surface area contributed by atoms with Gasteiger partial charge < -0.3 is 4.74 Å². The maximum absolute atomic E-state index is 11.9. The number of carbonyl (C=O) groups is 1. The first-order chi connectivity index (χ1) is 10.6. The minimum absolute atomic E-state index is 0.448. The molecular weight excluding hydrogens is 324 g/mol. The van der Waals surface area contributed by atoms with Crippen molar-refractivity contribution in [3.05, 3.63) is 23.8 Å². The van der Waals surface area contributed by atoms with E-state index >= 15 is 0 Å². The van der Waals surface area contributed by atoms with Crippen molar-refractivity contribution < 1.29 is 14.3 Å². The summed E-state index contributed by atoms with van der Waals surface area (Å²) in [5, 5.41) is 2.70. The fourth-order valence-corrected chi connectivity index (χ4v) is 5.75. The van der Waals surface area contributed by atoms with E-state index in [9.17, 15) is 9.59 Å². The van der Waals surface area contributed by atoms with Crippen LogP contribution in [0.5, 0.6) is 0 Å². The smallest absolute Gasteiger partial charge is 0.411 e. The van der Waals surface area contributed by atoms with Gasteiger partial charge in [0.2, 0.25) is 6.08 Å². The molecule has 1 rings (SSSR count). The molecule has 0 radical (unpaired) electrons. The molecule has 0 fully saturated rings. The molecular formula is C16H26N2O3Si2. The number of aryl methyl sites for hydroxylation is 1. The van der Waals surface area contributed by atoms with E-state index < -0.39 is 21.3 Å². The summed E-state index contributed by atoms with van der Waals surface area (Å²) >= 11 is 0. The quantitative estimate of drug-likeness (QED) is 0.462. The molecule has 0 spiro atoms. The number of nitrogens with one attached hydrogen (secondary N) is 1. The number of nitrogens with zero attached hydrogens (tertiary/aromatic N) is 1. The number of benzene rings is 1. The molecule has 0 aromatic heterocycles. The number of rotatable bonds is 6. The minimum atomic E-state index is -1.30. The Morgan fingerprint density at radius 3 is 2.43 bits per heavy atom. The first kappa shape index (κ1) is 19.4. The lowest BCUT2D eigenvalue weighted by Gasteiger charge is -2.35. The summed E-state index contributed by atoms with van der Waals surface area (Å²) in [6, 6.07) is 6.09. The van der Waals surface area contributed by atoms with Crippen LogP contribution in [0.25, 0.3) is 0 Å². The molecule has 23 heavy (non-hydrogen) atoms. The van der Waals surface area contributed by atoms with Gasteiger partial charge in [0, 0.05) is 20.9 Å². The molecule has 126 valence electrons. The van der Waals surface area contributed by atoms with Crippen LogP contribution in [0.3, 0.4) is 0 Å². The van der Waals surface area contributed by atoms with Crippen molar-refractivity contribution in [1.29, 1.82) is 0 Å². The Morgan fingerprint density at radius 1 is 1.26 bits per heavy atom. The summed E-state index contributed by atoms with van der Waals surface area (Å²) in [5.41, 5.74) is 1.96. The van der Waals surface area contributed by atoms with Crippen molar-refractivity contribution in [3.8, 4) is 0 Å². The standard InChI is InChI=1S/C16H26N2O3Si2/c1-13-11-14(7-8-15(13)17-12-19)18-16(20)21-9-10-23(5,6)22(2,3)4/h7-8,11H,9-10H2,1-6H3,(H,18,20). The first-order valence-electron chi connectivity index (χ1n) is 7.69. The second-order valence-electron chi connectivity index (χ2n) is 7.35. The van der Waals surface area contributed by atoms with E-state index in [1.807, 2.05) is 6.92 Å². The summed E-state index contributed by atoms with van der Waals surface area (Å²) in [6.07, 6.45) is 1.06. The number of aliphatic imine (C=N–C) groups is 1. The van der Waals surface area contributed by atoms with Crippen LogP contribution in [0, 0.1) is 6.92 Å². The van der Waals surface area contributed by atoms with Gasteiger partial charge in [-0.2, -0.15) is 4.99 Å². The van der Waals surface area contributed by atoms with Gasteiger partial charge in [-0.3, -0.25) is 5.32 Å². The lowest BCUT2D eigenvalue weighted by atomic mass is 10.2. The molecule has 1 aromatic rings. The van der Waals surface area contributed by atoms with E-state index in [0.29, 0.717) is 18.0 Å². The maximum Gasteiger partial charge on any atom is 0.411 e. The van der Waals surface area contributed by atoms with Gasteiger partial charge in [0.25, 0.3) is 0 Å². The Bertz CT molecular complexity index is 618. The molecule has 0 aliphatic carbocycles. The zero-order chi connectivity index (χ0) is 17.7. The van der Waals surface area contributed by atoms with E-state index in [4.69, 9.17) is 4.74 Å². The zero-order valence-corrected chi connectivity index (χ0v) is 16.8. The number of amides is 1. The molecule has 1 amide bonds. The number of hydrogen-bond acceptors (Lipinski definition) is 4. The molecule has 1 aromatic carbocycles. The fourth-order valence-electron chi connectivity index (χ4n) is 1.84. The van der Waals surface area contributed by atoms with Gasteiger partial charge in [-0.25, -0.2) is 9.59 Å². The summed E-state index contributed by atoms with van der Waals surface area (Å²) in [6.45, 7) is 14.2. The Balaban J connectivity index is 2.55. The van der Waals surface area contributed by atoms with Crippen LogP contribution in [-0.4, -0.2) is 34.0 Å². The SMILES string of the molecule is Cc1cc(NC(=O)OCC[Si](C)(C)[Si](C)(C)C)ccc1N=C=O. The van der Waals surface area contributed by atoms with Gasteiger partial charge in [0.1, 0.15) is 0 Å². The maximum atomic E-state index is 11.9. The van der Waals surface area contributed by atoms with Crippen LogP contribution in [0.4, 0.5) is 16.2 Å². The van der Waals surface area contributed by atoms with Gasteiger partial charge in [-0.05, 0) is 36.7 Å². The van der Waals surface area contributed by atoms with Crippen molar-refractivity contribution in [2.24, 2.45) is 4.99 Å². The molecule has 5 nitrogen and oxygen atoms in total. The summed E-state index contributed by atoms with van der Waals surface area (Å²) in [4.78, 5) is 25.7.